The first-order chi connectivity index (χ1) is 8.72. The fourth-order valence-corrected chi connectivity index (χ4v) is 2.79. The Bertz CT molecular complexity index is 340. The lowest BCUT2D eigenvalue weighted by molar-refractivity contribution is -0.171. The van der Waals surface area contributed by atoms with Crippen LogP contribution in [0.25, 0.3) is 0 Å². The van der Waals surface area contributed by atoms with Crippen molar-refractivity contribution in [2.45, 2.75) is 63.8 Å². The average Bonchev–Trinajstić information content (AvgIpc) is 2.52. The fraction of sp³-hybridized carbons (Fsp3) is 0.867. The third-order valence-corrected chi connectivity index (χ3v) is 3.82. The molecular weight excluding hydrogens is 242 g/mol. The number of nitrogens with zero attached hydrogens (tertiary/aromatic N) is 1. The van der Waals surface area contributed by atoms with Crippen LogP contribution in [0, 0.1) is 0 Å². The predicted molar refractivity (Wildman–Crippen MR) is 75.1 cm³/mol. The molecule has 0 aromatic heterocycles. The monoisotopic (exact) mass is 269 g/mol. The molecule has 3 atom stereocenters. The summed E-state index contributed by atoms with van der Waals surface area (Å²) >= 11 is 0. The molecule has 2 rings (SSSR count). The van der Waals surface area contributed by atoms with Gasteiger partial charge >= 0.3 is 0 Å². The van der Waals surface area contributed by atoms with Crippen molar-refractivity contribution >= 4 is 0 Å². The molecule has 0 aliphatic carbocycles. The Morgan fingerprint density at radius 2 is 2.05 bits per heavy atom. The fourth-order valence-electron chi connectivity index (χ4n) is 2.79. The lowest BCUT2D eigenvalue weighted by atomic mass is 10.0. The van der Waals surface area contributed by atoms with E-state index in [1.54, 1.807) is 0 Å². The lowest BCUT2D eigenvalue weighted by Crippen LogP contribution is -2.42. The molecular formula is C15H27NO3. The number of ether oxygens (including phenoxy) is 3. The number of hydrogen-bond donors (Lipinski definition) is 0. The van der Waals surface area contributed by atoms with Crippen molar-refractivity contribution in [3.05, 3.63) is 12.7 Å². The highest BCUT2D eigenvalue weighted by Crippen LogP contribution is 2.35. The van der Waals surface area contributed by atoms with Gasteiger partial charge in [-0.2, -0.15) is 0 Å². The largest absolute Gasteiger partial charge is 0.365 e. The molecule has 4 heteroatoms. The van der Waals surface area contributed by atoms with Crippen molar-refractivity contribution in [2.75, 3.05) is 20.1 Å². The molecule has 0 aromatic rings. The average molecular weight is 269 g/mol. The minimum absolute atomic E-state index is 0.000764. The standard InChI is InChI=1S/C15H27NO3/c1-7-14(2,3)17-11-8-9-16(6)10-12-13(11)19-15(4,5)18-12/h7,11-13H,1,8-10H2,2-6H3. The number of likely N-dealkylation sites (N-methyl/N-ethyl adjacent to an activating group) is 1. The maximum absolute atomic E-state index is 6.21. The molecule has 0 spiro atoms. The molecule has 0 amide bonds. The molecule has 0 N–H and O–H groups in total. The topological polar surface area (TPSA) is 30.9 Å². The van der Waals surface area contributed by atoms with E-state index in [4.69, 9.17) is 14.2 Å². The highest BCUT2D eigenvalue weighted by atomic mass is 16.8. The van der Waals surface area contributed by atoms with Gasteiger partial charge in [-0.3, -0.25) is 0 Å². The molecule has 0 radical (unpaired) electrons. The second-order valence-electron chi connectivity index (χ2n) is 6.65. The van der Waals surface area contributed by atoms with Gasteiger partial charge in [-0.05, 0) is 41.2 Å². The first-order valence-corrected chi connectivity index (χ1v) is 7.08. The van der Waals surface area contributed by atoms with Gasteiger partial charge in [-0.25, -0.2) is 0 Å². The van der Waals surface area contributed by atoms with E-state index in [0.717, 1.165) is 19.5 Å². The molecule has 0 bridgehead atoms. The van der Waals surface area contributed by atoms with Crippen molar-refractivity contribution in [3.63, 3.8) is 0 Å². The van der Waals surface area contributed by atoms with E-state index in [1.807, 2.05) is 33.8 Å². The normalized spacial score (nSPS) is 35.7. The van der Waals surface area contributed by atoms with Gasteiger partial charge in [-0.15, -0.1) is 6.58 Å². The summed E-state index contributed by atoms with van der Waals surface area (Å²) in [5.41, 5.74) is -0.339. The highest BCUT2D eigenvalue weighted by molar-refractivity contribution is 4.96. The smallest absolute Gasteiger partial charge is 0.163 e. The molecule has 2 fully saturated rings. The van der Waals surface area contributed by atoms with Crippen molar-refractivity contribution in [1.29, 1.82) is 0 Å². The lowest BCUT2D eigenvalue weighted by Gasteiger charge is -2.31. The van der Waals surface area contributed by atoms with Gasteiger partial charge in [-0.1, -0.05) is 6.08 Å². The molecule has 2 aliphatic heterocycles. The summed E-state index contributed by atoms with van der Waals surface area (Å²) in [6.07, 6.45) is 2.92. The SMILES string of the molecule is C=CC(C)(C)OC1CCN(C)CC2OC(C)(C)OC12. The minimum Gasteiger partial charge on any atom is -0.365 e. The zero-order chi connectivity index (χ0) is 14.3. The number of likely N-dealkylation sites (tertiary alicyclic amines) is 1. The van der Waals surface area contributed by atoms with Crippen LogP contribution in [0.3, 0.4) is 0 Å². The summed E-state index contributed by atoms with van der Waals surface area (Å²) in [4.78, 5) is 2.28. The zero-order valence-corrected chi connectivity index (χ0v) is 12.8. The van der Waals surface area contributed by atoms with Gasteiger partial charge < -0.3 is 19.1 Å². The van der Waals surface area contributed by atoms with E-state index in [-0.39, 0.29) is 23.9 Å². The van der Waals surface area contributed by atoms with Crippen LogP contribution in [0.1, 0.15) is 34.1 Å². The third-order valence-electron chi connectivity index (χ3n) is 3.82. The van der Waals surface area contributed by atoms with Gasteiger partial charge in [0.15, 0.2) is 5.79 Å². The predicted octanol–water partition coefficient (Wildman–Crippen LogP) is 2.19. The van der Waals surface area contributed by atoms with E-state index in [0.29, 0.717) is 0 Å². The summed E-state index contributed by atoms with van der Waals surface area (Å²) in [5, 5.41) is 0. The minimum atomic E-state index is -0.520. The van der Waals surface area contributed by atoms with Gasteiger partial charge in [0.05, 0.1) is 11.7 Å². The highest BCUT2D eigenvalue weighted by Gasteiger charge is 2.48. The number of rotatable bonds is 3. The van der Waals surface area contributed by atoms with Crippen molar-refractivity contribution in [3.8, 4) is 0 Å². The summed E-state index contributed by atoms with van der Waals surface area (Å²) in [7, 11) is 2.12. The van der Waals surface area contributed by atoms with Crippen LogP contribution < -0.4 is 0 Å². The Kier molecular flexibility index (Phi) is 4.07. The van der Waals surface area contributed by atoms with Gasteiger partial charge in [0.1, 0.15) is 12.2 Å². The van der Waals surface area contributed by atoms with E-state index < -0.39 is 5.79 Å². The van der Waals surface area contributed by atoms with Crippen molar-refractivity contribution < 1.29 is 14.2 Å². The van der Waals surface area contributed by atoms with Crippen LogP contribution in [0.4, 0.5) is 0 Å². The van der Waals surface area contributed by atoms with E-state index in [2.05, 4.69) is 18.5 Å². The maximum atomic E-state index is 6.21. The molecule has 0 aromatic carbocycles. The Morgan fingerprint density at radius 1 is 1.37 bits per heavy atom. The van der Waals surface area contributed by atoms with Crippen LogP contribution in [0.15, 0.2) is 12.7 Å². The quantitative estimate of drug-likeness (QED) is 0.735. The zero-order valence-electron chi connectivity index (χ0n) is 12.8. The third kappa shape index (κ3) is 3.57. The molecule has 2 aliphatic rings. The van der Waals surface area contributed by atoms with Crippen LogP contribution in [-0.4, -0.2) is 54.7 Å². The van der Waals surface area contributed by atoms with Crippen molar-refractivity contribution in [1.82, 2.24) is 4.90 Å². The van der Waals surface area contributed by atoms with E-state index in [1.165, 1.54) is 0 Å². The van der Waals surface area contributed by atoms with E-state index >= 15 is 0 Å². The van der Waals surface area contributed by atoms with Crippen molar-refractivity contribution in [2.24, 2.45) is 0 Å². The first-order valence-electron chi connectivity index (χ1n) is 7.08. The van der Waals surface area contributed by atoms with Gasteiger partial charge in [0.2, 0.25) is 0 Å². The number of hydrogen-bond acceptors (Lipinski definition) is 4. The second-order valence-corrected chi connectivity index (χ2v) is 6.65. The summed E-state index contributed by atoms with van der Waals surface area (Å²) in [5.74, 6) is -0.520. The van der Waals surface area contributed by atoms with Crippen LogP contribution in [-0.2, 0) is 14.2 Å². The molecule has 2 saturated heterocycles. The van der Waals surface area contributed by atoms with Gasteiger partial charge in [0.25, 0.3) is 0 Å². The molecule has 110 valence electrons. The Morgan fingerprint density at radius 3 is 2.68 bits per heavy atom. The summed E-state index contributed by atoms with van der Waals surface area (Å²) in [6.45, 7) is 13.7. The summed E-state index contributed by atoms with van der Waals surface area (Å²) in [6, 6.07) is 0. The van der Waals surface area contributed by atoms with Gasteiger partial charge in [0, 0.05) is 13.1 Å². The maximum Gasteiger partial charge on any atom is 0.163 e. The number of fused-ring (bicyclic) bond motifs is 1. The van der Waals surface area contributed by atoms with Crippen LogP contribution in [0.5, 0.6) is 0 Å². The first kappa shape index (κ1) is 15.0. The summed E-state index contributed by atoms with van der Waals surface area (Å²) < 4.78 is 18.3. The molecule has 4 nitrogen and oxygen atoms in total. The Labute approximate surface area is 116 Å². The second kappa shape index (κ2) is 5.17. The van der Waals surface area contributed by atoms with Crippen LogP contribution in [0.2, 0.25) is 0 Å². The Hall–Kier alpha value is -0.420. The van der Waals surface area contributed by atoms with Crippen LogP contribution >= 0.6 is 0 Å². The Balaban J connectivity index is 2.15. The molecule has 0 saturated carbocycles. The molecule has 3 unspecified atom stereocenters. The molecule has 19 heavy (non-hydrogen) atoms. The molecule has 2 heterocycles. The van der Waals surface area contributed by atoms with E-state index in [9.17, 15) is 0 Å².